The lowest BCUT2D eigenvalue weighted by molar-refractivity contribution is 0.350. The highest BCUT2D eigenvalue weighted by atomic mass is 15.3. The highest BCUT2D eigenvalue weighted by Crippen LogP contribution is 2.32. The Hall–Kier alpha value is -1.03. The molecular formula is C15H26N4. The molecule has 1 aromatic rings. The van der Waals surface area contributed by atoms with E-state index in [4.69, 9.17) is 4.98 Å². The molecule has 19 heavy (non-hydrogen) atoms. The zero-order valence-electron chi connectivity index (χ0n) is 12.2. The second kappa shape index (κ2) is 5.53. The minimum atomic E-state index is 0.561. The van der Waals surface area contributed by atoms with Crippen molar-refractivity contribution in [1.29, 1.82) is 0 Å². The van der Waals surface area contributed by atoms with Gasteiger partial charge in [-0.15, -0.1) is 0 Å². The van der Waals surface area contributed by atoms with Crippen LogP contribution in [0.1, 0.15) is 50.8 Å². The third kappa shape index (κ3) is 2.78. The molecule has 1 aliphatic carbocycles. The molecule has 1 aliphatic heterocycles. The normalized spacial score (nSPS) is 25.8. The maximum atomic E-state index is 4.81. The molecule has 0 bridgehead atoms. The first-order chi connectivity index (χ1) is 9.24. The van der Waals surface area contributed by atoms with Crippen LogP contribution in [0.5, 0.6) is 0 Å². The van der Waals surface area contributed by atoms with Gasteiger partial charge in [-0.2, -0.15) is 0 Å². The van der Waals surface area contributed by atoms with Gasteiger partial charge in [-0.3, -0.25) is 0 Å². The number of aromatic nitrogens is 2. The van der Waals surface area contributed by atoms with Crippen molar-refractivity contribution in [1.82, 2.24) is 14.9 Å². The van der Waals surface area contributed by atoms with Crippen LogP contribution in [0.4, 0.5) is 5.95 Å². The topological polar surface area (TPSA) is 33.1 Å². The molecule has 0 amide bonds. The van der Waals surface area contributed by atoms with E-state index in [-0.39, 0.29) is 0 Å². The summed E-state index contributed by atoms with van der Waals surface area (Å²) in [6.45, 7) is 7.59. The molecule has 4 heteroatoms. The standard InChI is InChI=1S/C15H26N4/c1-12-10-18(9-8-16-12)15-17-13(2)11-19(15)14-6-4-3-5-7-14/h11-12,14,16H,3-10H2,1-2H3/t12-/m0/s1. The molecule has 1 saturated carbocycles. The van der Waals surface area contributed by atoms with Crippen LogP contribution in [0.25, 0.3) is 0 Å². The number of nitrogens with one attached hydrogen (secondary N) is 1. The number of hydrogen-bond donors (Lipinski definition) is 1. The molecule has 2 heterocycles. The van der Waals surface area contributed by atoms with Gasteiger partial charge >= 0.3 is 0 Å². The Morgan fingerprint density at radius 2 is 2.05 bits per heavy atom. The largest absolute Gasteiger partial charge is 0.339 e. The van der Waals surface area contributed by atoms with Crippen LogP contribution in [0.2, 0.25) is 0 Å². The average molecular weight is 262 g/mol. The number of hydrogen-bond acceptors (Lipinski definition) is 3. The zero-order valence-corrected chi connectivity index (χ0v) is 12.2. The van der Waals surface area contributed by atoms with Gasteiger partial charge in [-0.1, -0.05) is 19.3 Å². The Morgan fingerprint density at radius 3 is 2.79 bits per heavy atom. The average Bonchev–Trinajstić information content (AvgIpc) is 2.82. The number of nitrogens with zero attached hydrogens (tertiary/aromatic N) is 3. The van der Waals surface area contributed by atoms with Crippen LogP contribution in [0.3, 0.4) is 0 Å². The molecule has 1 aromatic heterocycles. The maximum absolute atomic E-state index is 4.81. The van der Waals surface area contributed by atoms with Crippen molar-refractivity contribution in [3.63, 3.8) is 0 Å². The lowest BCUT2D eigenvalue weighted by Crippen LogP contribution is -2.50. The minimum absolute atomic E-state index is 0.561. The predicted molar refractivity (Wildman–Crippen MR) is 78.8 cm³/mol. The summed E-state index contributed by atoms with van der Waals surface area (Å²) in [5, 5.41) is 3.51. The number of piperazine rings is 1. The molecule has 3 rings (SSSR count). The maximum Gasteiger partial charge on any atom is 0.206 e. The van der Waals surface area contributed by atoms with Crippen LogP contribution in [0, 0.1) is 6.92 Å². The summed E-state index contributed by atoms with van der Waals surface area (Å²) in [5.74, 6) is 1.21. The summed E-state index contributed by atoms with van der Waals surface area (Å²) in [7, 11) is 0. The fraction of sp³-hybridized carbons (Fsp3) is 0.800. The van der Waals surface area contributed by atoms with E-state index in [1.165, 1.54) is 38.1 Å². The number of anilines is 1. The molecule has 1 saturated heterocycles. The fourth-order valence-electron chi connectivity index (χ4n) is 3.48. The molecule has 106 valence electrons. The van der Waals surface area contributed by atoms with Gasteiger partial charge in [0.05, 0.1) is 5.69 Å². The third-order valence-electron chi connectivity index (χ3n) is 4.45. The van der Waals surface area contributed by atoms with E-state index in [0.717, 1.165) is 25.3 Å². The van der Waals surface area contributed by atoms with Crippen LogP contribution < -0.4 is 10.2 Å². The lowest BCUT2D eigenvalue weighted by Gasteiger charge is -2.35. The van der Waals surface area contributed by atoms with Crippen molar-refractivity contribution >= 4 is 5.95 Å². The SMILES string of the molecule is Cc1cn(C2CCCCC2)c(N2CCN[C@@H](C)C2)n1. The summed E-state index contributed by atoms with van der Waals surface area (Å²) >= 11 is 0. The Bertz CT molecular complexity index is 420. The van der Waals surface area contributed by atoms with Gasteiger partial charge in [-0.25, -0.2) is 4.98 Å². The van der Waals surface area contributed by atoms with Gasteiger partial charge in [0.2, 0.25) is 5.95 Å². The Labute approximate surface area is 116 Å². The van der Waals surface area contributed by atoms with E-state index < -0.39 is 0 Å². The summed E-state index contributed by atoms with van der Waals surface area (Å²) in [5.41, 5.74) is 1.16. The van der Waals surface area contributed by atoms with Crippen molar-refractivity contribution in [2.75, 3.05) is 24.5 Å². The van der Waals surface area contributed by atoms with Crippen molar-refractivity contribution in [2.24, 2.45) is 0 Å². The van der Waals surface area contributed by atoms with E-state index in [1.807, 2.05) is 0 Å². The minimum Gasteiger partial charge on any atom is -0.339 e. The molecule has 1 N–H and O–H groups in total. The van der Waals surface area contributed by atoms with E-state index in [9.17, 15) is 0 Å². The summed E-state index contributed by atoms with van der Waals surface area (Å²) in [4.78, 5) is 7.27. The van der Waals surface area contributed by atoms with Gasteiger partial charge < -0.3 is 14.8 Å². The summed E-state index contributed by atoms with van der Waals surface area (Å²) in [6.07, 6.45) is 9.07. The van der Waals surface area contributed by atoms with Crippen LogP contribution in [0.15, 0.2) is 6.20 Å². The number of rotatable bonds is 2. The van der Waals surface area contributed by atoms with Gasteiger partial charge in [0.1, 0.15) is 0 Å². The van der Waals surface area contributed by atoms with Gasteiger partial charge in [0.25, 0.3) is 0 Å². The van der Waals surface area contributed by atoms with Crippen molar-refractivity contribution < 1.29 is 0 Å². The van der Waals surface area contributed by atoms with E-state index in [0.29, 0.717) is 12.1 Å². The molecule has 0 radical (unpaired) electrons. The predicted octanol–water partition coefficient (Wildman–Crippen LogP) is 2.49. The molecule has 2 aliphatic rings. The van der Waals surface area contributed by atoms with E-state index >= 15 is 0 Å². The van der Waals surface area contributed by atoms with Crippen molar-refractivity contribution in [2.45, 2.75) is 58.0 Å². The van der Waals surface area contributed by atoms with Gasteiger partial charge in [0, 0.05) is 37.9 Å². The Balaban J connectivity index is 1.83. The molecular weight excluding hydrogens is 236 g/mol. The number of aryl methyl sites for hydroxylation is 1. The number of imidazole rings is 1. The van der Waals surface area contributed by atoms with Gasteiger partial charge in [-0.05, 0) is 26.7 Å². The second-order valence-electron chi connectivity index (χ2n) is 6.18. The molecule has 0 spiro atoms. The fourth-order valence-corrected chi connectivity index (χ4v) is 3.48. The third-order valence-corrected chi connectivity index (χ3v) is 4.45. The molecule has 1 atom stereocenters. The van der Waals surface area contributed by atoms with Crippen LogP contribution in [-0.2, 0) is 0 Å². The van der Waals surface area contributed by atoms with Crippen LogP contribution >= 0.6 is 0 Å². The molecule has 4 nitrogen and oxygen atoms in total. The highest BCUT2D eigenvalue weighted by Gasteiger charge is 2.24. The summed E-state index contributed by atoms with van der Waals surface area (Å²) < 4.78 is 2.46. The van der Waals surface area contributed by atoms with Crippen molar-refractivity contribution in [3.05, 3.63) is 11.9 Å². The monoisotopic (exact) mass is 262 g/mol. The highest BCUT2D eigenvalue weighted by molar-refractivity contribution is 5.35. The van der Waals surface area contributed by atoms with E-state index in [1.54, 1.807) is 0 Å². The van der Waals surface area contributed by atoms with Crippen LogP contribution in [-0.4, -0.2) is 35.2 Å². The summed E-state index contributed by atoms with van der Waals surface area (Å²) in [6, 6.07) is 1.24. The first kappa shape index (κ1) is 13.0. The Morgan fingerprint density at radius 1 is 1.26 bits per heavy atom. The van der Waals surface area contributed by atoms with Gasteiger partial charge in [0.15, 0.2) is 0 Å². The smallest absolute Gasteiger partial charge is 0.206 e. The molecule has 2 fully saturated rings. The Kier molecular flexibility index (Phi) is 3.78. The first-order valence-electron chi connectivity index (χ1n) is 7.78. The first-order valence-corrected chi connectivity index (χ1v) is 7.78. The quantitative estimate of drug-likeness (QED) is 0.889. The lowest BCUT2D eigenvalue weighted by atomic mass is 9.95. The zero-order chi connectivity index (χ0) is 13.2. The molecule has 0 aromatic carbocycles. The molecule has 0 unspecified atom stereocenters. The van der Waals surface area contributed by atoms with E-state index in [2.05, 4.69) is 34.8 Å². The second-order valence-corrected chi connectivity index (χ2v) is 6.18. The van der Waals surface area contributed by atoms with Crippen molar-refractivity contribution in [3.8, 4) is 0 Å².